The molecule has 0 bridgehead atoms. The molecule has 0 saturated heterocycles. The van der Waals surface area contributed by atoms with Crippen LogP contribution in [0.4, 0.5) is 0 Å². The first-order valence-electron chi connectivity index (χ1n) is 3.07. The van der Waals surface area contributed by atoms with Gasteiger partial charge in [0.15, 0.2) is 5.60 Å². The van der Waals surface area contributed by atoms with Crippen molar-refractivity contribution < 1.29 is 20.1 Å². The van der Waals surface area contributed by atoms with Gasteiger partial charge in [0.2, 0.25) is 0 Å². The molecule has 60 valence electrons. The van der Waals surface area contributed by atoms with Crippen LogP contribution in [0.1, 0.15) is 19.8 Å². The Hall–Kier alpha value is -0.610. The summed E-state index contributed by atoms with van der Waals surface area (Å²) < 4.78 is 0. The van der Waals surface area contributed by atoms with E-state index in [2.05, 4.69) is 0 Å². The molecule has 0 fully saturated rings. The van der Waals surface area contributed by atoms with Crippen LogP contribution in [0, 0.1) is 0 Å². The van der Waals surface area contributed by atoms with Crippen LogP contribution in [0.5, 0.6) is 0 Å². The lowest BCUT2D eigenvalue weighted by Gasteiger charge is -2.16. The number of hydrogen-bond donors (Lipinski definition) is 3. The number of aliphatic carboxylic acids is 1. The van der Waals surface area contributed by atoms with Gasteiger partial charge in [-0.3, -0.25) is 0 Å². The summed E-state index contributed by atoms with van der Waals surface area (Å²) in [6.45, 7) is 1.12. The van der Waals surface area contributed by atoms with Crippen molar-refractivity contribution >= 4 is 5.97 Å². The number of carboxylic acids is 1. The van der Waals surface area contributed by atoms with Crippen LogP contribution in [0.3, 0.4) is 0 Å². The molecule has 4 heteroatoms. The zero-order chi connectivity index (χ0) is 8.20. The number of rotatable bonds is 4. The van der Waals surface area contributed by atoms with E-state index in [-0.39, 0.29) is 13.0 Å². The number of carbonyl (C=O) groups is 1. The predicted octanol–water partition coefficient (Wildman–Crippen LogP) is -0.406. The highest BCUT2D eigenvalue weighted by Gasteiger charge is 2.28. The topological polar surface area (TPSA) is 77.8 Å². The number of carboxylic acid groups (broad SMARTS) is 1. The van der Waals surface area contributed by atoms with Crippen molar-refractivity contribution in [2.24, 2.45) is 0 Å². The van der Waals surface area contributed by atoms with Gasteiger partial charge in [0.25, 0.3) is 0 Å². The molecule has 10 heavy (non-hydrogen) atoms. The van der Waals surface area contributed by atoms with E-state index in [1.54, 1.807) is 0 Å². The molecule has 0 aliphatic carbocycles. The van der Waals surface area contributed by atoms with E-state index in [0.29, 0.717) is 6.42 Å². The Labute approximate surface area is 59.1 Å². The van der Waals surface area contributed by atoms with Gasteiger partial charge in [-0.25, -0.2) is 4.79 Å². The molecule has 0 heterocycles. The first kappa shape index (κ1) is 9.39. The average molecular weight is 148 g/mol. The van der Waals surface area contributed by atoms with E-state index in [1.807, 2.05) is 0 Å². The third kappa shape index (κ3) is 2.80. The standard InChI is InChI=1S/C6H12O4/c1-6(10,5(8)9)3-2-4-7/h7,10H,2-4H2,1H3,(H,8,9)/t6-/m0/s1. The second-order valence-corrected chi connectivity index (χ2v) is 2.41. The van der Waals surface area contributed by atoms with Gasteiger partial charge < -0.3 is 15.3 Å². The summed E-state index contributed by atoms with van der Waals surface area (Å²) in [5.41, 5.74) is -1.69. The second kappa shape index (κ2) is 3.53. The summed E-state index contributed by atoms with van der Waals surface area (Å²) in [6.07, 6.45) is 0.387. The lowest BCUT2D eigenvalue weighted by atomic mass is 10.0. The van der Waals surface area contributed by atoms with Gasteiger partial charge in [-0.2, -0.15) is 0 Å². The molecule has 3 N–H and O–H groups in total. The molecular weight excluding hydrogens is 136 g/mol. The minimum atomic E-state index is -1.69. The van der Waals surface area contributed by atoms with Crippen molar-refractivity contribution in [2.75, 3.05) is 6.61 Å². The predicted molar refractivity (Wildman–Crippen MR) is 34.6 cm³/mol. The van der Waals surface area contributed by atoms with Crippen LogP contribution in [-0.4, -0.2) is 33.5 Å². The molecule has 4 nitrogen and oxygen atoms in total. The maximum Gasteiger partial charge on any atom is 0.335 e. The molecule has 0 unspecified atom stereocenters. The normalized spacial score (nSPS) is 16.3. The Kier molecular flexibility index (Phi) is 3.32. The zero-order valence-corrected chi connectivity index (χ0v) is 5.87. The van der Waals surface area contributed by atoms with Crippen LogP contribution in [-0.2, 0) is 4.79 Å². The molecule has 0 aromatic heterocycles. The molecule has 0 aromatic carbocycles. The fourth-order valence-corrected chi connectivity index (χ4v) is 0.530. The van der Waals surface area contributed by atoms with Gasteiger partial charge in [0.05, 0.1) is 0 Å². The van der Waals surface area contributed by atoms with Gasteiger partial charge in [-0.1, -0.05) is 0 Å². The van der Waals surface area contributed by atoms with Crippen LogP contribution in [0.15, 0.2) is 0 Å². The van der Waals surface area contributed by atoms with Crippen molar-refractivity contribution in [3.05, 3.63) is 0 Å². The van der Waals surface area contributed by atoms with Gasteiger partial charge in [-0.05, 0) is 19.8 Å². The molecule has 0 aliphatic rings. The number of hydrogen-bond acceptors (Lipinski definition) is 3. The number of aliphatic hydroxyl groups is 2. The monoisotopic (exact) mass is 148 g/mol. The molecule has 0 spiro atoms. The fourth-order valence-electron chi connectivity index (χ4n) is 0.530. The Balaban J connectivity index is 3.75. The van der Waals surface area contributed by atoms with Crippen LogP contribution >= 0.6 is 0 Å². The van der Waals surface area contributed by atoms with Crippen molar-refractivity contribution in [3.63, 3.8) is 0 Å². The molecular formula is C6H12O4. The lowest BCUT2D eigenvalue weighted by molar-refractivity contribution is -0.157. The highest BCUT2D eigenvalue weighted by atomic mass is 16.4. The van der Waals surface area contributed by atoms with E-state index < -0.39 is 11.6 Å². The summed E-state index contributed by atoms with van der Waals surface area (Å²) in [6, 6.07) is 0. The van der Waals surface area contributed by atoms with E-state index >= 15 is 0 Å². The molecule has 0 amide bonds. The summed E-state index contributed by atoms with van der Waals surface area (Å²) >= 11 is 0. The lowest BCUT2D eigenvalue weighted by Crippen LogP contribution is -2.34. The summed E-state index contributed by atoms with van der Waals surface area (Å²) in [5, 5.41) is 25.7. The Morgan fingerprint density at radius 3 is 2.40 bits per heavy atom. The van der Waals surface area contributed by atoms with Gasteiger partial charge in [0.1, 0.15) is 0 Å². The highest BCUT2D eigenvalue weighted by molar-refractivity contribution is 5.76. The molecule has 0 saturated carbocycles. The Morgan fingerprint density at radius 2 is 2.10 bits per heavy atom. The SMILES string of the molecule is C[C@](O)(CCCO)C(=O)O. The zero-order valence-electron chi connectivity index (χ0n) is 5.87. The Bertz CT molecular complexity index is 119. The molecule has 0 aromatic rings. The third-order valence-corrected chi connectivity index (χ3v) is 1.28. The first-order chi connectivity index (χ1) is 4.50. The van der Waals surface area contributed by atoms with Gasteiger partial charge >= 0.3 is 5.97 Å². The highest BCUT2D eigenvalue weighted by Crippen LogP contribution is 2.10. The maximum absolute atomic E-state index is 10.2. The van der Waals surface area contributed by atoms with Crippen molar-refractivity contribution in [1.29, 1.82) is 0 Å². The van der Waals surface area contributed by atoms with Crippen LogP contribution in [0.25, 0.3) is 0 Å². The molecule has 0 radical (unpaired) electrons. The minimum Gasteiger partial charge on any atom is -0.479 e. The molecule has 1 atom stereocenters. The van der Waals surface area contributed by atoms with Crippen molar-refractivity contribution in [1.82, 2.24) is 0 Å². The van der Waals surface area contributed by atoms with E-state index in [4.69, 9.17) is 15.3 Å². The molecule has 0 aliphatic heterocycles. The molecule has 0 rings (SSSR count). The smallest absolute Gasteiger partial charge is 0.335 e. The minimum absolute atomic E-state index is 0.0822. The van der Waals surface area contributed by atoms with Gasteiger partial charge in [0, 0.05) is 6.61 Å². The van der Waals surface area contributed by atoms with Crippen molar-refractivity contribution in [3.8, 4) is 0 Å². The quantitative estimate of drug-likeness (QED) is 0.506. The summed E-state index contributed by atoms with van der Waals surface area (Å²) in [7, 11) is 0. The van der Waals surface area contributed by atoms with E-state index in [9.17, 15) is 4.79 Å². The fraction of sp³-hybridized carbons (Fsp3) is 0.833. The Morgan fingerprint density at radius 1 is 1.60 bits per heavy atom. The summed E-state index contributed by atoms with van der Waals surface area (Å²) in [4.78, 5) is 10.2. The van der Waals surface area contributed by atoms with Gasteiger partial charge in [-0.15, -0.1) is 0 Å². The third-order valence-electron chi connectivity index (χ3n) is 1.28. The van der Waals surface area contributed by atoms with Crippen molar-refractivity contribution in [2.45, 2.75) is 25.4 Å². The maximum atomic E-state index is 10.2. The van der Waals surface area contributed by atoms with E-state index in [0.717, 1.165) is 0 Å². The average Bonchev–Trinajstić information content (AvgIpc) is 1.84. The van der Waals surface area contributed by atoms with Crippen LogP contribution in [0.2, 0.25) is 0 Å². The number of aliphatic hydroxyl groups excluding tert-OH is 1. The summed E-state index contributed by atoms with van der Waals surface area (Å²) in [5.74, 6) is -1.25. The second-order valence-electron chi connectivity index (χ2n) is 2.41. The van der Waals surface area contributed by atoms with Crippen LogP contribution < -0.4 is 0 Å². The first-order valence-corrected chi connectivity index (χ1v) is 3.07. The largest absolute Gasteiger partial charge is 0.479 e. The van der Waals surface area contributed by atoms with E-state index in [1.165, 1.54) is 6.92 Å².